The van der Waals surface area contributed by atoms with Crippen molar-refractivity contribution in [1.82, 2.24) is 0 Å². The van der Waals surface area contributed by atoms with Gasteiger partial charge in [-0.3, -0.25) is 4.72 Å². The lowest BCUT2D eigenvalue weighted by atomic mass is 10.1. The van der Waals surface area contributed by atoms with E-state index in [1.807, 2.05) is 0 Å². The molecule has 0 amide bonds. The smallest absolute Gasteiger partial charge is 0.264 e. The zero-order chi connectivity index (χ0) is 15.8. The summed E-state index contributed by atoms with van der Waals surface area (Å²) in [6, 6.07) is 8.09. The van der Waals surface area contributed by atoms with Crippen LogP contribution in [0.1, 0.15) is 16.7 Å². The van der Waals surface area contributed by atoms with Gasteiger partial charge < -0.3 is 10.8 Å². The normalized spacial score (nSPS) is 11.4. The summed E-state index contributed by atoms with van der Waals surface area (Å²) in [5, 5.41) is 9.66. The van der Waals surface area contributed by atoms with Crippen molar-refractivity contribution in [3.63, 3.8) is 0 Å². The molecule has 0 bridgehead atoms. The van der Waals surface area contributed by atoms with Crippen molar-refractivity contribution in [3.8, 4) is 5.75 Å². The van der Waals surface area contributed by atoms with Crippen LogP contribution in [0.25, 0.3) is 0 Å². The number of hydrogen-bond donors (Lipinski definition) is 3. The highest BCUT2D eigenvalue weighted by atomic mass is 32.2. The van der Waals surface area contributed by atoms with Crippen LogP contribution in [0.4, 0.5) is 11.4 Å². The van der Waals surface area contributed by atoms with E-state index in [0.717, 1.165) is 0 Å². The first-order chi connectivity index (χ1) is 9.72. The van der Waals surface area contributed by atoms with E-state index in [4.69, 9.17) is 5.73 Å². The molecule has 0 aliphatic heterocycles. The van der Waals surface area contributed by atoms with Crippen molar-refractivity contribution < 1.29 is 13.5 Å². The first-order valence-corrected chi connectivity index (χ1v) is 7.89. The summed E-state index contributed by atoms with van der Waals surface area (Å²) in [7, 11) is -3.81. The number of anilines is 2. The molecular weight excluding hydrogens is 288 g/mol. The van der Waals surface area contributed by atoms with Gasteiger partial charge in [0, 0.05) is 6.07 Å². The van der Waals surface area contributed by atoms with Gasteiger partial charge in [0.1, 0.15) is 10.6 Å². The quantitative estimate of drug-likeness (QED) is 0.760. The molecule has 112 valence electrons. The van der Waals surface area contributed by atoms with Crippen molar-refractivity contribution in [2.75, 3.05) is 10.5 Å². The molecule has 0 saturated heterocycles. The van der Waals surface area contributed by atoms with Gasteiger partial charge >= 0.3 is 0 Å². The van der Waals surface area contributed by atoms with Crippen LogP contribution in [0.2, 0.25) is 0 Å². The molecule has 0 aliphatic rings. The minimum absolute atomic E-state index is 0.0316. The zero-order valence-electron chi connectivity index (χ0n) is 12.1. The second-order valence-corrected chi connectivity index (χ2v) is 6.67. The van der Waals surface area contributed by atoms with Gasteiger partial charge in [0.25, 0.3) is 10.0 Å². The van der Waals surface area contributed by atoms with Gasteiger partial charge in [-0.1, -0.05) is 18.2 Å². The molecule has 0 fully saturated rings. The SMILES string of the molecule is Cc1ccc(NS(=O)(=O)c2c(C)ccc(C)c2N)cc1O. The number of nitrogens with one attached hydrogen (secondary N) is 1. The van der Waals surface area contributed by atoms with Gasteiger partial charge in [0.15, 0.2) is 0 Å². The summed E-state index contributed by atoms with van der Waals surface area (Å²) in [6.45, 7) is 5.18. The molecule has 2 rings (SSSR count). The number of benzene rings is 2. The third-order valence-corrected chi connectivity index (χ3v) is 4.92. The number of hydrogen-bond acceptors (Lipinski definition) is 4. The lowest BCUT2D eigenvalue weighted by molar-refractivity contribution is 0.471. The first-order valence-electron chi connectivity index (χ1n) is 6.40. The summed E-state index contributed by atoms with van der Waals surface area (Å²) in [5.41, 5.74) is 8.38. The number of phenolic OH excluding ortho intramolecular Hbond substituents is 1. The van der Waals surface area contributed by atoms with E-state index in [9.17, 15) is 13.5 Å². The van der Waals surface area contributed by atoms with Crippen LogP contribution in [-0.2, 0) is 10.0 Å². The molecule has 2 aromatic carbocycles. The minimum Gasteiger partial charge on any atom is -0.508 e. The standard InChI is InChI=1S/C15H18N2O3S/c1-9-6-7-12(8-13(9)18)17-21(19,20)15-11(3)5-4-10(2)14(15)16/h4-8,17-18H,16H2,1-3H3. The van der Waals surface area contributed by atoms with Crippen LogP contribution >= 0.6 is 0 Å². The van der Waals surface area contributed by atoms with E-state index in [-0.39, 0.29) is 16.3 Å². The lowest BCUT2D eigenvalue weighted by Crippen LogP contribution is -2.16. The van der Waals surface area contributed by atoms with Gasteiger partial charge in [-0.25, -0.2) is 8.42 Å². The monoisotopic (exact) mass is 306 g/mol. The second-order valence-electron chi connectivity index (χ2n) is 5.05. The van der Waals surface area contributed by atoms with Gasteiger partial charge in [-0.15, -0.1) is 0 Å². The molecule has 0 heterocycles. The maximum absolute atomic E-state index is 12.5. The fourth-order valence-corrected chi connectivity index (χ4v) is 3.52. The minimum atomic E-state index is -3.81. The molecule has 0 unspecified atom stereocenters. The molecule has 4 N–H and O–H groups in total. The average Bonchev–Trinajstić information content (AvgIpc) is 2.38. The maximum Gasteiger partial charge on any atom is 0.264 e. The van der Waals surface area contributed by atoms with Crippen LogP contribution in [0, 0.1) is 20.8 Å². The highest BCUT2D eigenvalue weighted by Gasteiger charge is 2.21. The molecule has 6 heteroatoms. The Morgan fingerprint density at radius 1 is 1.00 bits per heavy atom. The topological polar surface area (TPSA) is 92.4 Å². The van der Waals surface area contributed by atoms with E-state index >= 15 is 0 Å². The van der Waals surface area contributed by atoms with Gasteiger partial charge in [0.05, 0.1) is 11.4 Å². The second kappa shape index (κ2) is 5.29. The summed E-state index contributed by atoms with van der Waals surface area (Å²) in [4.78, 5) is 0.0718. The van der Waals surface area contributed by atoms with Gasteiger partial charge in [-0.05, 0) is 43.5 Å². The predicted molar refractivity (Wildman–Crippen MR) is 84.0 cm³/mol. The molecule has 0 radical (unpaired) electrons. The number of sulfonamides is 1. The zero-order valence-corrected chi connectivity index (χ0v) is 13.0. The van der Waals surface area contributed by atoms with E-state index in [0.29, 0.717) is 22.4 Å². The Hall–Kier alpha value is -2.21. The number of aromatic hydroxyl groups is 1. The molecule has 0 aromatic heterocycles. The third kappa shape index (κ3) is 2.95. The molecule has 5 nitrogen and oxygen atoms in total. The van der Waals surface area contributed by atoms with E-state index < -0.39 is 10.0 Å². The van der Waals surface area contributed by atoms with E-state index in [1.54, 1.807) is 45.0 Å². The summed E-state index contributed by atoms with van der Waals surface area (Å²) < 4.78 is 27.5. The van der Waals surface area contributed by atoms with Crippen molar-refractivity contribution in [1.29, 1.82) is 0 Å². The fraction of sp³-hybridized carbons (Fsp3) is 0.200. The molecule has 0 saturated carbocycles. The summed E-state index contributed by atoms with van der Waals surface area (Å²) in [5.74, 6) is 0.0316. The summed E-state index contributed by atoms with van der Waals surface area (Å²) >= 11 is 0. The number of nitrogens with two attached hydrogens (primary N) is 1. The molecule has 0 aliphatic carbocycles. The van der Waals surface area contributed by atoms with Crippen molar-refractivity contribution in [3.05, 3.63) is 47.0 Å². The highest BCUT2D eigenvalue weighted by Crippen LogP contribution is 2.29. The number of nitrogen functional groups attached to an aromatic ring is 1. The Balaban J connectivity index is 2.48. The molecular formula is C15H18N2O3S. The molecule has 0 spiro atoms. The lowest BCUT2D eigenvalue weighted by Gasteiger charge is -2.14. The molecule has 21 heavy (non-hydrogen) atoms. The van der Waals surface area contributed by atoms with Crippen LogP contribution in [0.3, 0.4) is 0 Å². The molecule has 2 aromatic rings. The van der Waals surface area contributed by atoms with Crippen molar-refractivity contribution in [2.45, 2.75) is 25.7 Å². The largest absolute Gasteiger partial charge is 0.508 e. The van der Waals surface area contributed by atoms with Crippen LogP contribution in [0.5, 0.6) is 5.75 Å². The molecule has 0 atom stereocenters. The average molecular weight is 306 g/mol. The Bertz CT molecular complexity index is 799. The fourth-order valence-electron chi connectivity index (χ4n) is 2.04. The first kappa shape index (κ1) is 15.2. The van der Waals surface area contributed by atoms with Crippen LogP contribution in [-0.4, -0.2) is 13.5 Å². The van der Waals surface area contributed by atoms with E-state index in [1.165, 1.54) is 6.07 Å². The Labute approximate surface area is 124 Å². The third-order valence-electron chi connectivity index (χ3n) is 3.34. The van der Waals surface area contributed by atoms with Crippen LogP contribution in [0.15, 0.2) is 35.2 Å². The number of rotatable bonds is 3. The number of aryl methyl sites for hydroxylation is 3. The van der Waals surface area contributed by atoms with Crippen molar-refractivity contribution in [2.24, 2.45) is 0 Å². The predicted octanol–water partition coefficient (Wildman–Crippen LogP) is 2.70. The Morgan fingerprint density at radius 2 is 1.57 bits per heavy atom. The van der Waals surface area contributed by atoms with Crippen LogP contribution < -0.4 is 10.5 Å². The highest BCUT2D eigenvalue weighted by molar-refractivity contribution is 7.93. The number of phenols is 1. The Kier molecular flexibility index (Phi) is 3.82. The van der Waals surface area contributed by atoms with Crippen molar-refractivity contribution >= 4 is 21.4 Å². The van der Waals surface area contributed by atoms with Gasteiger partial charge in [-0.2, -0.15) is 0 Å². The van der Waals surface area contributed by atoms with Gasteiger partial charge in [0.2, 0.25) is 0 Å². The summed E-state index contributed by atoms with van der Waals surface area (Å²) in [6.07, 6.45) is 0. The Morgan fingerprint density at radius 3 is 2.19 bits per heavy atom. The van der Waals surface area contributed by atoms with E-state index in [2.05, 4.69) is 4.72 Å². The maximum atomic E-state index is 12.5.